The third kappa shape index (κ3) is 9.45. The quantitative estimate of drug-likeness (QED) is 0.317. The summed E-state index contributed by atoms with van der Waals surface area (Å²) in [5.74, 6) is -1.34. The summed E-state index contributed by atoms with van der Waals surface area (Å²) in [7, 11) is -1.69. The number of hydrogen-bond acceptors (Lipinski definition) is 6. The van der Waals surface area contributed by atoms with Crippen LogP contribution in [-0.4, -0.2) is 78.7 Å². The first-order valence-electron chi connectivity index (χ1n) is 12.4. The summed E-state index contributed by atoms with van der Waals surface area (Å²) in [5, 5.41) is 25.7. The van der Waals surface area contributed by atoms with Crippen LogP contribution in [0.4, 0.5) is 0 Å². The molecule has 1 heterocycles. The fourth-order valence-corrected chi connectivity index (χ4v) is 4.16. The lowest BCUT2D eigenvalue weighted by molar-refractivity contribution is -0.138. The van der Waals surface area contributed by atoms with Crippen LogP contribution < -0.4 is 10.6 Å². The summed E-state index contributed by atoms with van der Waals surface area (Å²) in [6, 6.07) is 19.1. The first-order valence-corrected chi connectivity index (χ1v) is 12.4. The third-order valence-electron chi connectivity index (χ3n) is 6.22. The molecule has 8 nitrogen and oxygen atoms in total. The SMILES string of the molecule is O=C(N[C@@H](CCCc1ccccc1)B(O)O)[C@@H](CC(=O)N1CCOCC1)NCCc1ccccc1. The standard InChI is InChI=1S/C26H36BN3O5/c31-25(30-16-18-35-19-17-30)20-23(28-15-14-22-10-5-2-6-11-22)26(32)29-24(27(33)34)13-7-12-21-8-3-1-4-9-21/h1-6,8-11,23-24,28,33-34H,7,12-20H2,(H,29,32)/t23-,24+/m1/s1. The van der Waals surface area contributed by atoms with Crippen LogP contribution in [0.3, 0.4) is 0 Å². The Balaban J connectivity index is 1.57. The normalized spacial score (nSPS) is 15.3. The molecule has 0 aliphatic carbocycles. The molecule has 0 saturated carbocycles. The lowest BCUT2D eigenvalue weighted by Gasteiger charge is -2.29. The maximum atomic E-state index is 13.2. The van der Waals surface area contributed by atoms with Crippen molar-refractivity contribution >= 4 is 18.9 Å². The smallest absolute Gasteiger partial charge is 0.426 e. The summed E-state index contributed by atoms with van der Waals surface area (Å²) >= 11 is 0. The van der Waals surface area contributed by atoms with Gasteiger partial charge in [0, 0.05) is 13.1 Å². The van der Waals surface area contributed by atoms with Gasteiger partial charge in [-0.15, -0.1) is 0 Å². The van der Waals surface area contributed by atoms with E-state index in [9.17, 15) is 19.6 Å². The number of morpholine rings is 1. The molecule has 9 heteroatoms. The number of nitrogens with one attached hydrogen (secondary N) is 2. The number of rotatable bonds is 13. The van der Waals surface area contributed by atoms with Gasteiger partial charge in [0.15, 0.2) is 0 Å². The van der Waals surface area contributed by atoms with E-state index in [-0.39, 0.29) is 12.3 Å². The Labute approximate surface area is 207 Å². The zero-order valence-electron chi connectivity index (χ0n) is 20.1. The van der Waals surface area contributed by atoms with Gasteiger partial charge in [0.25, 0.3) is 0 Å². The van der Waals surface area contributed by atoms with E-state index in [0.29, 0.717) is 52.1 Å². The highest BCUT2D eigenvalue weighted by atomic mass is 16.5. The van der Waals surface area contributed by atoms with E-state index >= 15 is 0 Å². The Hall–Kier alpha value is -2.72. The minimum absolute atomic E-state index is 0.00111. The van der Waals surface area contributed by atoms with Crippen molar-refractivity contribution in [3.05, 3.63) is 71.8 Å². The van der Waals surface area contributed by atoms with Gasteiger partial charge >= 0.3 is 7.12 Å². The van der Waals surface area contributed by atoms with Crippen molar-refractivity contribution in [2.75, 3.05) is 32.8 Å². The highest BCUT2D eigenvalue weighted by molar-refractivity contribution is 6.43. The largest absolute Gasteiger partial charge is 0.475 e. The number of amides is 2. The zero-order chi connectivity index (χ0) is 24.9. The molecular weight excluding hydrogens is 445 g/mol. The van der Waals surface area contributed by atoms with E-state index in [1.165, 1.54) is 0 Å². The molecule has 1 aliphatic heterocycles. The van der Waals surface area contributed by atoms with Gasteiger partial charge in [-0.05, 0) is 43.4 Å². The average Bonchev–Trinajstić information content (AvgIpc) is 2.89. The van der Waals surface area contributed by atoms with Crippen molar-refractivity contribution in [1.82, 2.24) is 15.5 Å². The van der Waals surface area contributed by atoms with Crippen LogP contribution >= 0.6 is 0 Å². The molecular formula is C26H36BN3O5. The zero-order valence-corrected chi connectivity index (χ0v) is 20.1. The molecule has 0 radical (unpaired) electrons. The van der Waals surface area contributed by atoms with Crippen LogP contribution in [0, 0.1) is 0 Å². The second kappa shape index (κ2) is 14.6. The maximum Gasteiger partial charge on any atom is 0.475 e. The lowest BCUT2D eigenvalue weighted by Crippen LogP contribution is -2.54. The highest BCUT2D eigenvalue weighted by Gasteiger charge is 2.30. The van der Waals surface area contributed by atoms with Crippen molar-refractivity contribution in [3.63, 3.8) is 0 Å². The molecule has 0 spiro atoms. The van der Waals surface area contributed by atoms with Crippen molar-refractivity contribution in [3.8, 4) is 0 Å². The van der Waals surface area contributed by atoms with E-state index < -0.39 is 25.0 Å². The molecule has 35 heavy (non-hydrogen) atoms. The molecule has 0 aromatic heterocycles. The molecule has 3 rings (SSSR count). The van der Waals surface area contributed by atoms with Gasteiger partial charge in [-0.3, -0.25) is 9.59 Å². The number of aryl methyl sites for hydroxylation is 1. The summed E-state index contributed by atoms with van der Waals surface area (Å²) in [6.45, 7) is 2.51. The van der Waals surface area contributed by atoms with E-state index in [4.69, 9.17) is 4.74 Å². The molecule has 0 unspecified atom stereocenters. The Morgan fingerprint density at radius 2 is 1.54 bits per heavy atom. The van der Waals surface area contributed by atoms with Crippen LogP contribution in [0.2, 0.25) is 0 Å². The van der Waals surface area contributed by atoms with Gasteiger partial charge in [0.05, 0.1) is 31.6 Å². The summed E-state index contributed by atoms with van der Waals surface area (Å²) in [6.07, 6.45) is 2.57. The Morgan fingerprint density at radius 1 is 0.943 bits per heavy atom. The highest BCUT2D eigenvalue weighted by Crippen LogP contribution is 2.09. The summed E-state index contributed by atoms with van der Waals surface area (Å²) in [5.41, 5.74) is 2.28. The van der Waals surface area contributed by atoms with Crippen LogP contribution in [0.5, 0.6) is 0 Å². The topological polar surface area (TPSA) is 111 Å². The molecule has 1 saturated heterocycles. The Kier molecular flexibility index (Phi) is 11.2. The number of hydrogen-bond donors (Lipinski definition) is 4. The van der Waals surface area contributed by atoms with Gasteiger partial charge in [0.1, 0.15) is 0 Å². The summed E-state index contributed by atoms with van der Waals surface area (Å²) in [4.78, 5) is 27.7. The first kappa shape index (κ1) is 26.9. The van der Waals surface area contributed by atoms with Crippen LogP contribution in [0.15, 0.2) is 60.7 Å². The number of carbonyl (C=O) groups excluding carboxylic acids is 2. The Morgan fingerprint density at radius 3 is 2.14 bits per heavy atom. The second-order valence-corrected chi connectivity index (χ2v) is 8.85. The van der Waals surface area contributed by atoms with Crippen LogP contribution in [-0.2, 0) is 27.2 Å². The molecule has 2 aromatic carbocycles. The van der Waals surface area contributed by atoms with Gasteiger partial charge in [0.2, 0.25) is 11.8 Å². The van der Waals surface area contributed by atoms with Gasteiger partial charge in [-0.2, -0.15) is 0 Å². The predicted molar refractivity (Wildman–Crippen MR) is 135 cm³/mol. The lowest BCUT2D eigenvalue weighted by atomic mass is 9.76. The van der Waals surface area contributed by atoms with Crippen LogP contribution in [0.25, 0.3) is 0 Å². The maximum absolute atomic E-state index is 13.2. The van der Waals surface area contributed by atoms with E-state index in [2.05, 4.69) is 10.6 Å². The van der Waals surface area contributed by atoms with Crippen molar-refractivity contribution in [1.29, 1.82) is 0 Å². The van der Waals surface area contributed by atoms with Crippen LogP contribution in [0.1, 0.15) is 30.4 Å². The van der Waals surface area contributed by atoms with E-state index in [0.717, 1.165) is 17.5 Å². The molecule has 2 atom stereocenters. The summed E-state index contributed by atoms with van der Waals surface area (Å²) < 4.78 is 5.32. The fraction of sp³-hybridized carbons (Fsp3) is 0.462. The van der Waals surface area contributed by atoms with E-state index in [1.54, 1.807) is 4.90 Å². The Bertz CT molecular complexity index is 894. The monoisotopic (exact) mass is 481 g/mol. The number of nitrogens with zero attached hydrogens (tertiary/aromatic N) is 1. The van der Waals surface area contributed by atoms with Crippen molar-refractivity contribution in [2.45, 2.75) is 44.1 Å². The second-order valence-electron chi connectivity index (χ2n) is 8.85. The average molecular weight is 481 g/mol. The molecule has 1 fully saturated rings. The molecule has 188 valence electrons. The number of ether oxygens (including phenoxy) is 1. The van der Waals surface area contributed by atoms with Gasteiger partial charge in [-0.1, -0.05) is 60.7 Å². The molecule has 4 N–H and O–H groups in total. The van der Waals surface area contributed by atoms with E-state index in [1.807, 2.05) is 60.7 Å². The minimum Gasteiger partial charge on any atom is -0.426 e. The third-order valence-corrected chi connectivity index (χ3v) is 6.22. The van der Waals surface area contributed by atoms with Crippen molar-refractivity contribution < 1.29 is 24.4 Å². The molecule has 2 aromatic rings. The molecule has 0 bridgehead atoms. The molecule has 2 amide bonds. The minimum atomic E-state index is -1.69. The number of benzene rings is 2. The first-order chi connectivity index (χ1) is 17.0. The fourth-order valence-electron chi connectivity index (χ4n) is 4.16. The molecule has 1 aliphatic rings. The van der Waals surface area contributed by atoms with Crippen molar-refractivity contribution in [2.24, 2.45) is 0 Å². The predicted octanol–water partition coefficient (Wildman–Crippen LogP) is 0.956. The van der Waals surface area contributed by atoms with Gasteiger partial charge < -0.3 is 30.3 Å². The number of carbonyl (C=O) groups is 2. The van der Waals surface area contributed by atoms with Gasteiger partial charge in [-0.25, -0.2) is 0 Å².